The number of furan rings is 1. The molecular formula is C28H20Cl2N4O2S. The summed E-state index contributed by atoms with van der Waals surface area (Å²) < 4.78 is 5.78. The van der Waals surface area contributed by atoms with Gasteiger partial charge in [0.1, 0.15) is 17.3 Å². The SMILES string of the molecule is Cc1ccc(-c2nc3ccccc3[nH]2)cc1NC(=S)NC(=O)/C=C/c1ccc(-c2ccc(Cl)cc2Cl)o1. The van der Waals surface area contributed by atoms with Gasteiger partial charge in [0, 0.05) is 27.9 Å². The number of aryl methyl sites for hydroxylation is 1. The maximum Gasteiger partial charge on any atom is 0.250 e. The van der Waals surface area contributed by atoms with Gasteiger partial charge in [-0.05, 0) is 79.3 Å². The molecule has 0 aliphatic carbocycles. The number of fused-ring (bicyclic) bond motifs is 1. The lowest BCUT2D eigenvalue weighted by Gasteiger charge is -2.12. The average Bonchev–Trinajstić information content (AvgIpc) is 3.51. The van der Waals surface area contributed by atoms with Crippen molar-refractivity contribution in [3.8, 4) is 22.7 Å². The van der Waals surface area contributed by atoms with Crippen LogP contribution in [0.25, 0.3) is 39.8 Å². The maximum atomic E-state index is 12.4. The molecule has 6 nitrogen and oxygen atoms in total. The van der Waals surface area contributed by atoms with Gasteiger partial charge < -0.3 is 14.7 Å². The Kier molecular flexibility index (Phi) is 7.10. The van der Waals surface area contributed by atoms with Crippen LogP contribution in [0.5, 0.6) is 0 Å². The van der Waals surface area contributed by atoms with E-state index in [4.69, 9.17) is 39.8 Å². The van der Waals surface area contributed by atoms with Crippen LogP contribution in [0, 0.1) is 6.92 Å². The van der Waals surface area contributed by atoms with E-state index in [1.165, 1.54) is 6.08 Å². The number of H-pyrrole nitrogens is 1. The number of carbonyl (C=O) groups excluding carboxylic acids is 1. The predicted molar refractivity (Wildman–Crippen MR) is 154 cm³/mol. The van der Waals surface area contributed by atoms with Gasteiger partial charge in [-0.3, -0.25) is 10.1 Å². The second-order valence-corrected chi connectivity index (χ2v) is 9.49. The third kappa shape index (κ3) is 5.75. The van der Waals surface area contributed by atoms with E-state index in [1.54, 1.807) is 36.4 Å². The summed E-state index contributed by atoms with van der Waals surface area (Å²) in [6, 6.07) is 22.4. The number of thiocarbonyl (C=S) groups is 1. The molecule has 0 saturated carbocycles. The lowest BCUT2D eigenvalue weighted by Crippen LogP contribution is -2.33. The van der Waals surface area contributed by atoms with Gasteiger partial charge in [0.15, 0.2) is 5.11 Å². The first-order chi connectivity index (χ1) is 17.9. The van der Waals surface area contributed by atoms with Crippen LogP contribution in [0.2, 0.25) is 10.0 Å². The molecule has 9 heteroatoms. The number of hydrogen-bond donors (Lipinski definition) is 3. The molecular weight excluding hydrogens is 527 g/mol. The third-order valence-electron chi connectivity index (χ3n) is 5.61. The Balaban J connectivity index is 1.23. The number of benzene rings is 3. The molecule has 0 fully saturated rings. The van der Waals surface area contributed by atoms with Crippen LogP contribution in [0.15, 0.2) is 83.3 Å². The normalized spacial score (nSPS) is 11.2. The van der Waals surface area contributed by atoms with Crippen LogP contribution >= 0.6 is 35.4 Å². The van der Waals surface area contributed by atoms with Crippen molar-refractivity contribution in [2.75, 3.05) is 5.32 Å². The number of carbonyl (C=O) groups is 1. The summed E-state index contributed by atoms with van der Waals surface area (Å²) in [7, 11) is 0. The van der Waals surface area contributed by atoms with Gasteiger partial charge in [0.25, 0.3) is 0 Å². The molecule has 1 amide bonds. The highest BCUT2D eigenvalue weighted by Gasteiger charge is 2.11. The Morgan fingerprint density at radius 3 is 2.70 bits per heavy atom. The molecule has 0 radical (unpaired) electrons. The molecule has 0 unspecified atom stereocenters. The van der Waals surface area contributed by atoms with E-state index in [0.717, 1.165) is 33.7 Å². The van der Waals surface area contributed by atoms with Crippen molar-refractivity contribution in [3.05, 3.63) is 100 Å². The first kappa shape index (κ1) is 24.8. The molecule has 0 bridgehead atoms. The van der Waals surface area contributed by atoms with Crippen molar-refractivity contribution in [2.45, 2.75) is 6.92 Å². The van der Waals surface area contributed by atoms with Gasteiger partial charge in [-0.2, -0.15) is 0 Å². The summed E-state index contributed by atoms with van der Waals surface area (Å²) in [6.45, 7) is 1.95. The minimum Gasteiger partial charge on any atom is -0.457 e. The summed E-state index contributed by atoms with van der Waals surface area (Å²) in [6.07, 6.45) is 2.90. The van der Waals surface area contributed by atoms with Gasteiger partial charge in [0.2, 0.25) is 5.91 Å². The Bertz CT molecular complexity index is 1640. The van der Waals surface area contributed by atoms with Gasteiger partial charge in [-0.15, -0.1) is 0 Å². The standard InChI is InChI=1S/C28H20Cl2N4O2S/c1-16-6-7-17(27-31-22-4-2-3-5-23(22)32-27)14-24(16)33-28(37)34-26(35)13-10-19-9-12-25(36-19)20-11-8-18(29)15-21(20)30/h2-15H,1H3,(H,31,32)(H2,33,34,35,37)/b13-10+. The Hall–Kier alpha value is -3.91. The number of nitrogens with zero attached hydrogens (tertiary/aromatic N) is 1. The second kappa shape index (κ2) is 10.6. The zero-order valence-corrected chi connectivity index (χ0v) is 21.8. The molecule has 0 atom stereocenters. The van der Waals surface area contributed by atoms with E-state index in [9.17, 15) is 4.79 Å². The van der Waals surface area contributed by atoms with Crippen LogP contribution < -0.4 is 10.6 Å². The third-order valence-corrected chi connectivity index (χ3v) is 6.36. The number of amides is 1. The van der Waals surface area contributed by atoms with E-state index in [1.807, 2.05) is 49.4 Å². The Morgan fingerprint density at radius 1 is 1.05 bits per heavy atom. The van der Waals surface area contributed by atoms with Gasteiger partial charge in [-0.1, -0.05) is 47.5 Å². The lowest BCUT2D eigenvalue weighted by molar-refractivity contribution is -0.115. The first-order valence-electron chi connectivity index (χ1n) is 11.3. The number of para-hydroxylation sites is 2. The molecule has 184 valence electrons. The molecule has 0 aliphatic heterocycles. The number of rotatable bonds is 5. The summed E-state index contributed by atoms with van der Waals surface area (Å²) >= 11 is 17.6. The van der Waals surface area contributed by atoms with Crippen molar-refractivity contribution in [1.82, 2.24) is 15.3 Å². The molecule has 37 heavy (non-hydrogen) atoms. The first-order valence-corrected chi connectivity index (χ1v) is 12.4. The van der Waals surface area contributed by atoms with Crippen molar-refractivity contribution in [1.29, 1.82) is 0 Å². The molecule has 5 aromatic rings. The molecule has 3 N–H and O–H groups in total. The van der Waals surface area contributed by atoms with Crippen LogP contribution in [0.3, 0.4) is 0 Å². The zero-order chi connectivity index (χ0) is 25.9. The quantitative estimate of drug-likeness (QED) is 0.156. The minimum absolute atomic E-state index is 0.174. The van der Waals surface area contributed by atoms with E-state index in [0.29, 0.717) is 27.1 Å². The van der Waals surface area contributed by atoms with Crippen LogP contribution in [0.4, 0.5) is 5.69 Å². The number of nitrogens with one attached hydrogen (secondary N) is 3. The van der Waals surface area contributed by atoms with E-state index < -0.39 is 5.91 Å². The Morgan fingerprint density at radius 2 is 1.89 bits per heavy atom. The van der Waals surface area contributed by atoms with E-state index in [-0.39, 0.29) is 5.11 Å². The van der Waals surface area contributed by atoms with Gasteiger partial charge >= 0.3 is 0 Å². The highest BCUT2D eigenvalue weighted by molar-refractivity contribution is 7.80. The topological polar surface area (TPSA) is 83.0 Å². The monoisotopic (exact) mass is 546 g/mol. The van der Waals surface area contributed by atoms with Crippen LogP contribution in [0.1, 0.15) is 11.3 Å². The predicted octanol–water partition coefficient (Wildman–Crippen LogP) is 7.63. The Labute approximate surface area is 228 Å². The molecule has 2 heterocycles. The van der Waals surface area contributed by atoms with Crippen molar-refractivity contribution in [3.63, 3.8) is 0 Å². The smallest absolute Gasteiger partial charge is 0.250 e. The van der Waals surface area contributed by atoms with Crippen LogP contribution in [-0.4, -0.2) is 21.0 Å². The summed E-state index contributed by atoms with van der Waals surface area (Å²) in [5.41, 5.74) is 5.19. The fourth-order valence-electron chi connectivity index (χ4n) is 3.73. The average molecular weight is 547 g/mol. The van der Waals surface area contributed by atoms with Gasteiger partial charge in [-0.25, -0.2) is 4.98 Å². The highest BCUT2D eigenvalue weighted by Crippen LogP contribution is 2.32. The van der Waals surface area contributed by atoms with E-state index >= 15 is 0 Å². The largest absolute Gasteiger partial charge is 0.457 e. The molecule has 0 aliphatic rings. The molecule has 0 spiro atoms. The molecule has 0 saturated heterocycles. The zero-order valence-electron chi connectivity index (χ0n) is 19.5. The molecule has 2 aromatic heterocycles. The number of anilines is 1. The number of aromatic nitrogens is 2. The fraction of sp³-hybridized carbons (Fsp3) is 0.0357. The summed E-state index contributed by atoms with van der Waals surface area (Å²) in [5, 5.41) is 6.94. The van der Waals surface area contributed by atoms with E-state index in [2.05, 4.69) is 20.6 Å². The number of aromatic amines is 1. The van der Waals surface area contributed by atoms with Crippen molar-refractivity contribution in [2.24, 2.45) is 0 Å². The number of imidazole rings is 1. The lowest BCUT2D eigenvalue weighted by atomic mass is 10.1. The number of hydrogen-bond acceptors (Lipinski definition) is 4. The summed E-state index contributed by atoms with van der Waals surface area (Å²) in [5.74, 6) is 1.41. The maximum absolute atomic E-state index is 12.4. The second-order valence-electron chi connectivity index (χ2n) is 8.24. The van der Waals surface area contributed by atoms with Crippen molar-refractivity contribution < 1.29 is 9.21 Å². The van der Waals surface area contributed by atoms with Gasteiger partial charge in [0.05, 0.1) is 16.1 Å². The molecule has 5 rings (SSSR count). The van der Waals surface area contributed by atoms with Crippen molar-refractivity contribution >= 4 is 69.2 Å². The minimum atomic E-state index is -0.397. The summed E-state index contributed by atoms with van der Waals surface area (Å²) in [4.78, 5) is 20.4. The fourth-order valence-corrected chi connectivity index (χ4v) is 4.45. The molecule has 3 aromatic carbocycles. The highest BCUT2D eigenvalue weighted by atomic mass is 35.5. The van der Waals surface area contributed by atoms with Crippen LogP contribution in [-0.2, 0) is 4.79 Å². The number of halogens is 2.